The fourth-order valence-corrected chi connectivity index (χ4v) is 2.16. The zero-order valence-corrected chi connectivity index (χ0v) is 12.6. The molecule has 1 N–H and O–H groups in total. The van der Waals surface area contributed by atoms with Crippen molar-refractivity contribution in [3.8, 4) is 12.3 Å². The number of hydrogen-bond donors (Lipinski definition) is 1. The highest BCUT2D eigenvalue weighted by molar-refractivity contribution is 5.05. The number of rotatable bonds is 7. The molecule has 110 valence electrons. The Morgan fingerprint density at radius 3 is 2.32 bits per heavy atom. The molecule has 1 saturated heterocycles. The lowest BCUT2D eigenvalue weighted by Gasteiger charge is -2.35. The largest absolute Gasteiger partial charge is 0.389 e. The van der Waals surface area contributed by atoms with E-state index in [-0.39, 0.29) is 0 Å². The van der Waals surface area contributed by atoms with E-state index in [1.54, 1.807) is 0 Å². The number of likely N-dealkylation sites (N-methyl/N-ethyl adjacent to an activating group) is 1. The first-order chi connectivity index (χ1) is 9.03. The summed E-state index contributed by atoms with van der Waals surface area (Å²) in [6.07, 6.45) is 5.74. The number of ether oxygens (including phenoxy) is 1. The minimum Gasteiger partial charge on any atom is -0.389 e. The van der Waals surface area contributed by atoms with E-state index >= 15 is 0 Å². The summed E-state index contributed by atoms with van der Waals surface area (Å²) in [6, 6.07) is 0. The van der Waals surface area contributed by atoms with E-state index in [4.69, 9.17) is 11.2 Å². The quantitative estimate of drug-likeness (QED) is 0.693. The maximum atomic E-state index is 10.0. The van der Waals surface area contributed by atoms with Crippen LogP contribution in [0.15, 0.2) is 0 Å². The lowest BCUT2D eigenvalue weighted by molar-refractivity contribution is -0.0499. The molecule has 2 unspecified atom stereocenters. The molecular formula is C15H28N2O2. The van der Waals surface area contributed by atoms with Crippen LogP contribution in [-0.2, 0) is 4.74 Å². The van der Waals surface area contributed by atoms with E-state index < -0.39 is 11.7 Å². The highest BCUT2D eigenvalue weighted by Crippen LogP contribution is 2.14. The molecule has 1 rings (SSSR count). The van der Waals surface area contributed by atoms with Gasteiger partial charge in [-0.2, -0.15) is 0 Å². The second kappa shape index (κ2) is 7.86. The zero-order valence-electron chi connectivity index (χ0n) is 12.6. The molecule has 4 nitrogen and oxygen atoms in total. The number of terminal acetylenes is 1. The number of aliphatic hydroxyl groups is 1. The fourth-order valence-electron chi connectivity index (χ4n) is 2.16. The van der Waals surface area contributed by atoms with Crippen LogP contribution in [0.3, 0.4) is 0 Å². The number of β-amino-alcohol motifs (C(OH)–C–C–N with tert-alkyl or cyclic N) is 1. The molecule has 0 saturated carbocycles. The molecule has 0 radical (unpaired) electrons. The molecule has 2 atom stereocenters. The minimum atomic E-state index is -0.554. The van der Waals surface area contributed by atoms with Gasteiger partial charge in [0, 0.05) is 32.7 Å². The van der Waals surface area contributed by atoms with Gasteiger partial charge in [0.1, 0.15) is 5.60 Å². The molecule has 1 aliphatic rings. The monoisotopic (exact) mass is 268 g/mol. The van der Waals surface area contributed by atoms with Crippen LogP contribution in [0.1, 0.15) is 27.2 Å². The van der Waals surface area contributed by atoms with Crippen molar-refractivity contribution in [2.75, 3.05) is 45.9 Å². The van der Waals surface area contributed by atoms with Crippen LogP contribution in [0.2, 0.25) is 0 Å². The van der Waals surface area contributed by atoms with Gasteiger partial charge in [-0.05, 0) is 19.9 Å². The number of nitrogens with zero attached hydrogens (tertiary/aromatic N) is 2. The van der Waals surface area contributed by atoms with Crippen molar-refractivity contribution < 1.29 is 9.84 Å². The van der Waals surface area contributed by atoms with E-state index in [9.17, 15) is 5.11 Å². The van der Waals surface area contributed by atoms with Gasteiger partial charge in [-0.15, -0.1) is 6.42 Å². The van der Waals surface area contributed by atoms with Gasteiger partial charge in [-0.25, -0.2) is 0 Å². The summed E-state index contributed by atoms with van der Waals surface area (Å²) in [5, 5.41) is 10.0. The van der Waals surface area contributed by atoms with Crippen LogP contribution in [0.4, 0.5) is 0 Å². The van der Waals surface area contributed by atoms with Crippen molar-refractivity contribution >= 4 is 0 Å². The van der Waals surface area contributed by atoms with Crippen molar-refractivity contribution in [2.24, 2.45) is 0 Å². The molecule has 0 spiro atoms. The Morgan fingerprint density at radius 2 is 1.84 bits per heavy atom. The van der Waals surface area contributed by atoms with Gasteiger partial charge in [0.15, 0.2) is 0 Å². The van der Waals surface area contributed by atoms with E-state index in [2.05, 4.69) is 22.6 Å². The summed E-state index contributed by atoms with van der Waals surface area (Å²) < 4.78 is 5.65. The van der Waals surface area contributed by atoms with Crippen LogP contribution in [0.5, 0.6) is 0 Å². The van der Waals surface area contributed by atoms with E-state index in [1.165, 1.54) is 0 Å². The predicted molar refractivity (Wildman–Crippen MR) is 78.0 cm³/mol. The molecule has 1 fully saturated rings. The van der Waals surface area contributed by atoms with Crippen LogP contribution in [-0.4, -0.2) is 72.5 Å². The molecular weight excluding hydrogens is 240 g/mol. The molecule has 1 heterocycles. The summed E-state index contributed by atoms with van der Waals surface area (Å²) in [5.41, 5.74) is -0.554. The third kappa shape index (κ3) is 5.50. The van der Waals surface area contributed by atoms with Crippen LogP contribution in [0.25, 0.3) is 0 Å². The fraction of sp³-hybridized carbons (Fsp3) is 0.867. The molecule has 4 heteroatoms. The molecule has 19 heavy (non-hydrogen) atoms. The zero-order chi connectivity index (χ0) is 14.3. The van der Waals surface area contributed by atoms with Crippen LogP contribution < -0.4 is 0 Å². The van der Waals surface area contributed by atoms with Gasteiger partial charge in [0.2, 0.25) is 0 Å². The third-order valence-electron chi connectivity index (χ3n) is 3.96. The second-order valence-electron chi connectivity index (χ2n) is 5.43. The van der Waals surface area contributed by atoms with Crippen molar-refractivity contribution in [1.82, 2.24) is 9.80 Å². The van der Waals surface area contributed by atoms with Crippen molar-refractivity contribution in [3.05, 3.63) is 0 Å². The van der Waals surface area contributed by atoms with Gasteiger partial charge in [0.05, 0.1) is 12.7 Å². The average Bonchev–Trinajstić information content (AvgIpc) is 2.45. The Balaban J connectivity index is 2.25. The van der Waals surface area contributed by atoms with Crippen molar-refractivity contribution in [3.63, 3.8) is 0 Å². The molecule has 1 aliphatic heterocycles. The molecule has 0 aromatic heterocycles. The van der Waals surface area contributed by atoms with Gasteiger partial charge in [-0.3, -0.25) is 4.90 Å². The smallest absolute Gasteiger partial charge is 0.125 e. The van der Waals surface area contributed by atoms with E-state index in [0.717, 1.165) is 39.1 Å². The molecule has 0 aromatic carbocycles. The van der Waals surface area contributed by atoms with Crippen molar-refractivity contribution in [1.29, 1.82) is 0 Å². The standard InChI is InChI=1S/C15H28N2O2/c1-5-15(4,6-2)19-13-14(18)12-17-10-8-16(7-3)9-11-17/h1,14,18H,6-13H2,2-4H3. The van der Waals surface area contributed by atoms with Gasteiger partial charge in [-0.1, -0.05) is 19.8 Å². The Kier molecular flexibility index (Phi) is 6.81. The molecule has 0 bridgehead atoms. The minimum absolute atomic E-state index is 0.308. The predicted octanol–water partition coefficient (Wildman–Crippen LogP) is 0.803. The van der Waals surface area contributed by atoms with Gasteiger partial charge >= 0.3 is 0 Å². The third-order valence-corrected chi connectivity index (χ3v) is 3.96. The summed E-state index contributed by atoms with van der Waals surface area (Å²) in [4.78, 5) is 4.71. The van der Waals surface area contributed by atoms with Crippen LogP contribution >= 0.6 is 0 Å². The highest BCUT2D eigenvalue weighted by atomic mass is 16.5. The highest BCUT2D eigenvalue weighted by Gasteiger charge is 2.23. The first-order valence-corrected chi connectivity index (χ1v) is 7.27. The lowest BCUT2D eigenvalue weighted by atomic mass is 10.1. The number of hydrogen-bond acceptors (Lipinski definition) is 4. The summed E-state index contributed by atoms with van der Waals surface area (Å²) in [7, 11) is 0. The SMILES string of the molecule is C#CC(C)(CC)OCC(O)CN1CCN(CC)CC1. The normalized spacial score (nSPS) is 22.7. The molecule has 0 amide bonds. The maximum absolute atomic E-state index is 10.0. The average molecular weight is 268 g/mol. The summed E-state index contributed by atoms with van der Waals surface area (Å²) >= 11 is 0. The summed E-state index contributed by atoms with van der Waals surface area (Å²) in [5.74, 6) is 2.65. The molecule has 0 aliphatic carbocycles. The van der Waals surface area contributed by atoms with E-state index in [1.807, 2.05) is 13.8 Å². The lowest BCUT2D eigenvalue weighted by Crippen LogP contribution is -2.49. The Labute approximate surface area is 117 Å². The number of aliphatic hydroxyl groups excluding tert-OH is 1. The van der Waals surface area contributed by atoms with Gasteiger partial charge in [0.25, 0.3) is 0 Å². The molecule has 0 aromatic rings. The van der Waals surface area contributed by atoms with Crippen molar-refractivity contribution in [2.45, 2.75) is 38.9 Å². The Morgan fingerprint density at radius 1 is 1.26 bits per heavy atom. The second-order valence-corrected chi connectivity index (χ2v) is 5.43. The number of piperazine rings is 1. The Bertz CT molecular complexity index is 295. The topological polar surface area (TPSA) is 35.9 Å². The van der Waals surface area contributed by atoms with Crippen LogP contribution in [0, 0.1) is 12.3 Å². The first-order valence-electron chi connectivity index (χ1n) is 7.27. The Hall–Kier alpha value is -0.600. The summed E-state index contributed by atoms with van der Waals surface area (Å²) in [6.45, 7) is 12.4. The maximum Gasteiger partial charge on any atom is 0.125 e. The first kappa shape index (κ1) is 16.5. The van der Waals surface area contributed by atoms with E-state index in [0.29, 0.717) is 13.2 Å². The van der Waals surface area contributed by atoms with Gasteiger partial charge < -0.3 is 14.7 Å².